The maximum Gasteiger partial charge on any atom is 0.309 e. The molecule has 0 radical (unpaired) electrons. The van der Waals surface area contributed by atoms with Gasteiger partial charge in [-0.2, -0.15) is 0 Å². The number of tetrazole rings is 1. The van der Waals surface area contributed by atoms with Gasteiger partial charge in [0, 0.05) is 24.2 Å². The van der Waals surface area contributed by atoms with Crippen molar-refractivity contribution >= 4 is 16.9 Å². The Balaban J connectivity index is 1.78. The van der Waals surface area contributed by atoms with E-state index in [2.05, 4.69) is 31.5 Å². The zero-order chi connectivity index (χ0) is 23.8. The van der Waals surface area contributed by atoms with Crippen LogP contribution in [0.25, 0.3) is 10.9 Å². The third-order valence-corrected chi connectivity index (χ3v) is 6.21. The van der Waals surface area contributed by atoms with Crippen LogP contribution in [0.1, 0.15) is 63.5 Å². The number of likely N-dealkylation sites (tertiary alicyclic amines) is 1. The minimum atomic E-state index is -0.434. The molecule has 33 heavy (non-hydrogen) atoms. The molecular weight excluding hydrogens is 420 g/mol. The Bertz CT molecular complexity index is 1200. The highest BCUT2D eigenvalue weighted by Gasteiger charge is 2.36. The van der Waals surface area contributed by atoms with Gasteiger partial charge in [0.1, 0.15) is 6.04 Å². The smallest absolute Gasteiger partial charge is 0.309 e. The number of carbonyl (C=O) groups excluding carboxylic acids is 1. The molecule has 9 nitrogen and oxygen atoms in total. The highest BCUT2D eigenvalue weighted by Crippen LogP contribution is 2.33. The highest BCUT2D eigenvalue weighted by atomic mass is 16.5. The fourth-order valence-electron chi connectivity index (χ4n) is 4.54. The monoisotopic (exact) mass is 452 g/mol. The molecule has 1 aromatic carbocycles. The third kappa shape index (κ3) is 4.68. The second kappa shape index (κ2) is 9.05. The van der Waals surface area contributed by atoms with Crippen molar-refractivity contribution in [3.05, 3.63) is 51.6 Å². The Kier molecular flexibility index (Phi) is 6.34. The van der Waals surface area contributed by atoms with Gasteiger partial charge in [-0.1, -0.05) is 11.6 Å². The number of nitrogens with one attached hydrogen (secondary N) is 1. The number of ether oxygens (including phenoxy) is 1. The zero-order valence-electron chi connectivity index (χ0n) is 20.0. The molecule has 0 unspecified atom stereocenters. The normalized spacial score (nSPS) is 16.8. The van der Waals surface area contributed by atoms with Crippen molar-refractivity contribution in [3.63, 3.8) is 0 Å². The van der Waals surface area contributed by atoms with E-state index in [1.807, 2.05) is 52.8 Å². The van der Waals surface area contributed by atoms with E-state index in [1.165, 1.54) is 0 Å². The number of piperidine rings is 1. The standard InChI is InChI=1S/C24H32N6O3/c1-6-33-23(32)16-9-11-29(12-10-16)20(21-26-27-28-30(21)24(3,4)5)18-14-17-13-15(2)7-8-19(17)25-22(18)31/h7-8,13-14,16,20H,6,9-12H2,1-5H3,(H,25,31)/t20-/m0/s1. The average Bonchev–Trinajstić information content (AvgIpc) is 3.25. The number of H-pyrrole nitrogens is 1. The molecule has 0 spiro atoms. The van der Waals surface area contributed by atoms with Crippen molar-refractivity contribution < 1.29 is 9.53 Å². The molecule has 1 aliphatic rings. The molecule has 4 rings (SSSR count). The largest absolute Gasteiger partial charge is 0.466 e. The highest BCUT2D eigenvalue weighted by molar-refractivity contribution is 5.79. The molecule has 0 aliphatic carbocycles. The van der Waals surface area contributed by atoms with Crippen molar-refractivity contribution in [2.45, 2.75) is 59.0 Å². The number of pyridine rings is 1. The summed E-state index contributed by atoms with van der Waals surface area (Å²) in [6, 6.07) is 7.48. The van der Waals surface area contributed by atoms with Gasteiger partial charge in [0.05, 0.1) is 18.1 Å². The molecule has 176 valence electrons. The van der Waals surface area contributed by atoms with E-state index >= 15 is 0 Å². The van der Waals surface area contributed by atoms with Gasteiger partial charge >= 0.3 is 5.97 Å². The summed E-state index contributed by atoms with van der Waals surface area (Å²) in [5.41, 5.74) is 1.99. The first-order valence-corrected chi connectivity index (χ1v) is 11.5. The van der Waals surface area contributed by atoms with Crippen LogP contribution in [-0.2, 0) is 15.1 Å². The van der Waals surface area contributed by atoms with E-state index in [1.54, 1.807) is 4.68 Å². The summed E-state index contributed by atoms with van der Waals surface area (Å²) in [7, 11) is 0. The molecule has 0 amide bonds. The summed E-state index contributed by atoms with van der Waals surface area (Å²) < 4.78 is 7.01. The number of hydrogen-bond donors (Lipinski definition) is 1. The molecule has 1 N–H and O–H groups in total. The first kappa shape index (κ1) is 23.1. The minimum Gasteiger partial charge on any atom is -0.466 e. The number of carbonyl (C=O) groups is 1. The maximum absolute atomic E-state index is 13.3. The topological polar surface area (TPSA) is 106 Å². The number of aromatic nitrogens is 5. The summed E-state index contributed by atoms with van der Waals surface area (Å²) in [5.74, 6) is 0.347. The number of fused-ring (bicyclic) bond motifs is 1. The Morgan fingerprint density at radius 3 is 2.64 bits per heavy atom. The van der Waals surface area contributed by atoms with Crippen LogP contribution in [0, 0.1) is 12.8 Å². The molecule has 9 heteroatoms. The predicted octanol–water partition coefficient (Wildman–Crippen LogP) is 2.94. The number of benzene rings is 1. The second-order valence-corrected chi connectivity index (χ2v) is 9.73. The summed E-state index contributed by atoms with van der Waals surface area (Å²) >= 11 is 0. The Morgan fingerprint density at radius 1 is 1.24 bits per heavy atom. The Morgan fingerprint density at radius 2 is 1.97 bits per heavy atom. The van der Waals surface area contributed by atoms with Gasteiger partial charge in [-0.05, 0) is 81.5 Å². The first-order chi connectivity index (χ1) is 15.7. The molecular formula is C24H32N6O3. The van der Waals surface area contributed by atoms with Crippen LogP contribution in [0.2, 0.25) is 0 Å². The van der Waals surface area contributed by atoms with Crippen molar-refractivity contribution in [1.82, 2.24) is 30.1 Å². The molecule has 3 aromatic rings. The third-order valence-electron chi connectivity index (χ3n) is 6.21. The van der Waals surface area contributed by atoms with Gasteiger partial charge in [-0.3, -0.25) is 14.5 Å². The van der Waals surface area contributed by atoms with E-state index in [4.69, 9.17) is 4.74 Å². The van der Waals surface area contributed by atoms with Crippen molar-refractivity contribution in [2.24, 2.45) is 5.92 Å². The fourth-order valence-corrected chi connectivity index (χ4v) is 4.54. The lowest BCUT2D eigenvalue weighted by Crippen LogP contribution is -2.43. The fraction of sp³-hybridized carbons (Fsp3) is 0.542. The van der Waals surface area contributed by atoms with Crippen LogP contribution in [-0.4, -0.2) is 55.8 Å². The molecule has 1 aliphatic heterocycles. The zero-order valence-corrected chi connectivity index (χ0v) is 20.0. The Labute approximate surface area is 193 Å². The number of aromatic amines is 1. The van der Waals surface area contributed by atoms with E-state index in [9.17, 15) is 9.59 Å². The van der Waals surface area contributed by atoms with Crippen molar-refractivity contribution in [1.29, 1.82) is 0 Å². The van der Waals surface area contributed by atoms with Gasteiger partial charge in [0.25, 0.3) is 5.56 Å². The van der Waals surface area contributed by atoms with Crippen LogP contribution in [0.15, 0.2) is 29.1 Å². The lowest BCUT2D eigenvalue weighted by Gasteiger charge is -2.37. The number of nitrogens with zero attached hydrogens (tertiary/aromatic N) is 5. The van der Waals surface area contributed by atoms with Gasteiger partial charge in [0.15, 0.2) is 5.82 Å². The molecule has 1 saturated heterocycles. The van der Waals surface area contributed by atoms with E-state index < -0.39 is 6.04 Å². The lowest BCUT2D eigenvalue weighted by atomic mass is 9.93. The van der Waals surface area contributed by atoms with Crippen LogP contribution in [0.4, 0.5) is 0 Å². The second-order valence-electron chi connectivity index (χ2n) is 9.73. The van der Waals surface area contributed by atoms with Gasteiger partial charge in [-0.25, -0.2) is 4.68 Å². The SMILES string of the molecule is CCOC(=O)C1CCN([C@@H](c2cc3cc(C)ccc3[nH]c2=O)c2nnnn2C(C)(C)C)CC1. The van der Waals surface area contributed by atoms with Crippen LogP contribution >= 0.6 is 0 Å². The van der Waals surface area contributed by atoms with Crippen molar-refractivity contribution in [3.8, 4) is 0 Å². The number of aryl methyl sites for hydroxylation is 1. The quantitative estimate of drug-likeness (QED) is 0.593. The van der Waals surface area contributed by atoms with Crippen LogP contribution < -0.4 is 5.56 Å². The number of rotatable bonds is 5. The molecule has 0 bridgehead atoms. The van der Waals surface area contributed by atoms with Gasteiger partial charge in [-0.15, -0.1) is 5.10 Å². The van der Waals surface area contributed by atoms with E-state index in [-0.39, 0.29) is 23.0 Å². The summed E-state index contributed by atoms with van der Waals surface area (Å²) in [6.07, 6.45) is 1.33. The average molecular weight is 453 g/mol. The van der Waals surface area contributed by atoms with Gasteiger partial charge < -0.3 is 9.72 Å². The first-order valence-electron chi connectivity index (χ1n) is 11.5. The van der Waals surface area contributed by atoms with Gasteiger partial charge in [0.2, 0.25) is 0 Å². The molecule has 3 heterocycles. The number of esters is 1. The van der Waals surface area contributed by atoms with Crippen LogP contribution in [0.3, 0.4) is 0 Å². The predicted molar refractivity (Wildman–Crippen MR) is 125 cm³/mol. The molecule has 1 atom stereocenters. The summed E-state index contributed by atoms with van der Waals surface area (Å²) in [6.45, 7) is 11.6. The minimum absolute atomic E-state index is 0.127. The van der Waals surface area contributed by atoms with E-state index in [0.717, 1.165) is 16.5 Å². The summed E-state index contributed by atoms with van der Waals surface area (Å²) in [5, 5.41) is 13.5. The Hall–Kier alpha value is -3.07. The molecule has 2 aromatic heterocycles. The lowest BCUT2D eigenvalue weighted by molar-refractivity contribution is -0.149. The molecule has 0 saturated carbocycles. The van der Waals surface area contributed by atoms with E-state index in [0.29, 0.717) is 43.9 Å². The maximum atomic E-state index is 13.3. The van der Waals surface area contributed by atoms with Crippen LogP contribution in [0.5, 0.6) is 0 Å². The molecule has 1 fully saturated rings. The van der Waals surface area contributed by atoms with Crippen molar-refractivity contribution in [2.75, 3.05) is 19.7 Å². The number of hydrogen-bond acceptors (Lipinski definition) is 7. The summed E-state index contributed by atoms with van der Waals surface area (Å²) in [4.78, 5) is 30.8.